The number of methoxy groups -OCH3 is 1. The molecular formula is C25H34N2O5S. The molecule has 1 aliphatic rings. The maximum absolute atomic E-state index is 13.3. The molecule has 0 saturated carbocycles. The maximum Gasteiger partial charge on any atom is 0.251 e. The van der Waals surface area contributed by atoms with Crippen molar-refractivity contribution in [2.75, 3.05) is 26.8 Å². The average molecular weight is 475 g/mol. The van der Waals surface area contributed by atoms with Gasteiger partial charge in [0.2, 0.25) is 10.0 Å². The number of hydrogen-bond acceptors (Lipinski definition) is 5. The smallest absolute Gasteiger partial charge is 0.251 e. The lowest BCUT2D eigenvalue weighted by atomic mass is 10.1. The van der Waals surface area contributed by atoms with Crippen LogP contribution in [0.4, 0.5) is 0 Å². The van der Waals surface area contributed by atoms with Crippen LogP contribution in [-0.2, 0) is 14.8 Å². The molecule has 1 fully saturated rings. The molecule has 1 heterocycles. The molecule has 1 saturated heterocycles. The Morgan fingerprint density at radius 3 is 2.64 bits per heavy atom. The van der Waals surface area contributed by atoms with Crippen molar-refractivity contribution in [3.8, 4) is 5.75 Å². The van der Waals surface area contributed by atoms with E-state index in [9.17, 15) is 13.2 Å². The Labute approximate surface area is 197 Å². The number of rotatable bonds is 10. The van der Waals surface area contributed by atoms with Crippen molar-refractivity contribution >= 4 is 15.9 Å². The molecule has 3 rings (SSSR count). The van der Waals surface area contributed by atoms with Crippen molar-refractivity contribution < 1.29 is 22.7 Å². The van der Waals surface area contributed by atoms with Crippen LogP contribution in [0.5, 0.6) is 5.75 Å². The molecule has 0 radical (unpaired) electrons. The first-order chi connectivity index (χ1) is 15.8. The van der Waals surface area contributed by atoms with E-state index >= 15 is 0 Å². The van der Waals surface area contributed by atoms with E-state index in [0.717, 1.165) is 24.8 Å². The fourth-order valence-corrected chi connectivity index (χ4v) is 5.91. The Morgan fingerprint density at radius 1 is 1.18 bits per heavy atom. The molecule has 8 heteroatoms. The molecule has 0 bridgehead atoms. The topological polar surface area (TPSA) is 84.9 Å². The van der Waals surface area contributed by atoms with Crippen LogP contribution in [0, 0.1) is 0 Å². The van der Waals surface area contributed by atoms with Gasteiger partial charge in [0.25, 0.3) is 5.91 Å². The van der Waals surface area contributed by atoms with Gasteiger partial charge >= 0.3 is 0 Å². The molecule has 2 aromatic carbocycles. The van der Waals surface area contributed by atoms with Crippen molar-refractivity contribution in [3.63, 3.8) is 0 Å². The predicted molar refractivity (Wildman–Crippen MR) is 128 cm³/mol. The van der Waals surface area contributed by atoms with Gasteiger partial charge in [-0.2, -0.15) is 4.31 Å². The van der Waals surface area contributed by atoms with Crippen LogP contribution < -0.4 is 10.1 Å². The molecule has 33 heavy (non-hydrogen) atoms. The third-order valence-corrected chi connectivity index (χ3v) is 8.03. The highest BCUT2D eigenvalue weighted by molar-refractivity contribution is 7.89. The summed E-state index contributed by atoms with van der Waals surface area (Å²) in [7, 11) is -2.33. The van der Waals surface area contributed by atoms with E-state index in [1.165, 1.54) is 17.5 Å². The van der Waals surface area contributed by atoms with Gasteiger partial charge in [0, 0.05) is 31.3 Å². The van der Waals surface area contributed by atoms with E-state index in [1.54, 1.807) is 12.1 Å². The minimum Gasteiger partial charge on any atom is -0.495 e. The van der Waals surface area contributed by atoms with Gasteiger partial charge in [-0.3, -0.25) is 4.79 Å². The van der Waals surface area contributed by atoms with Crippen molar-refractivity contribution in [2.45, 2.75) is 56.6 Å². The van der Waals surface area contributed by atoms with Crippen molar-refractivity contribution in [1.29, 1.82) is 0 Å². The second-order valence-corrected chi connectivity index (χ2v) is 10.2. The second kappa shape index (κ2) is 11.6. The van der Waals surface area contributed by atoms with Gasteiger partial charge in [-0.15, -0.1) is 0 Å². The molecule has 1 N–H and O–H groups in total. The molecular weight excluding hydrogens is 440 g/mol. The van der Waals surface area contributed by atoms with E-state index in [0.29, 0.717) is 26.1 Å². The number of piperidine rings is 1. The lowest BCUT2D eigenvalue weighted by Crippen LogP contribution is -2.42. The number of sulfonamides is 1. The number of carbonyl (C=O) groups is 1. The van der Waals surface area contributed by atoms with Gasteiger partial charge in [-0.05, 0) is 56.9 Å². The van der Waals surface area contributed by atoms with Gasteiger partial charge < -0.3 is 14.8 Å². The Morgan fingerprint density at radius 2 is 1.94 bits per heavy atom. The summed E-state index contributed by atoms with van der Waals surface area (Å²) in [4.78, 5) is 12.7. The molecule has 1 aliphatic heterocycles. The van der Waals surface area contributed by atoms with Crippen molar-refractivity contribution in [2.24, 2.45) is 0 Å². The fourth-order valence-electron chi connectivity index (χ4n) is 4.03. The molecule has 0 spiro atoms. The summed E-state index contributed by atoms with van der Waals surface area (Å²) in [5.41, 5.74) is 1.40. The quantitative estimate of drug-likeness (QED) is 0.523. The minimum absolute atomic E-state index is 0.0200. The van der Waals surface area contributed by atoms with Crippen LogP contribution in [0.1, 0.15) is 61.6 Å². The number of nitrogens with one attached hydrogen (secondary N) is 1. The number of benzene rings is 2. The summed E-state index contributed by atoms with van der Waals surface area (Å²) in [6.07, 6.45) is 3.30. The second-order valence-electron chi connectivity index (χ2n) is 8.36. The number of hydrogen-bond donors (Lipinski definition) is 1. The van der Waals surface area contributed by atoms with Crippen LogP contribution in [0.15, 0.2) is 53.4 Å². The Bertz CT molecular complexity index is 1030. The lowest BCUT2D eigenvalue weighted by molar-refractivity contribution is 0.0635. The third kappa shape index (κ3) is 6.34. The standard InChI is InChI=1S/C25H34N2O5S/c1-19-10-7-8-16-27(19)33(29,30)24-18-22(13-14-23(24)31-3)25(28)26-15-9-17-32-20(2)21-11-5-4-6-12-21/h4-6,11-14,18-20H,7-10,15-17H2,1-3H3,(H,26,28). The summed E-state index contributed by atoms with van der Waals surface area (Å²) in [6.45, 7) is 5.32. The summed E-state index contributed by atoms with van der Waals surface area (Å²) >= 11 is 0. The van der Waals surface area contributed by atoms with Gasteiger partial charge in [-0.1, -0.05) is 36.8 Å². The number of carbonyl (C=O) groups excluding carboxylic acids is 1. The van der Waals surface area contributed by atoms with Crippen LogP contribution in [0.2, 0.25) is 0 Å². The van der Waals surface area contributed by atoms with E-state index in [2.05, 4.69) is 5.32 Å². The molecule has 2 atom stereocenters. The van der Waals surface area contributed by atoms with Crippen LogP contribution in [-0.4, -0.2) is 51.5 Å². The average Bonchev–Trinajstić information content (AvgIpc) is 2.83. The first-order valence-electron chi connectivity index (χ1n) is 11.5. The Hall–Kier alpha value is -2.42. The highest BCUT2D eigenvalue weighted by Crippen LogP contribution is 2.31. The number of amides is 1. The fraction of sp³-hybridized carbons (Fsp3) is 0.480. The van der Waals surface area contributed by atoms with E-state index < -0.39 is 10.0 Å². The van der Waals surface area contributed by atoms with Crippen molar-refractivity contribution in [1.82, 2.24) is 9.62 Å². The largest absolute Gasteiger partial charge is 0.495 e. The molecule has 1 amide bonds. The maximum atomic E-state index is 13.3. The zero-order chi connectivity index (χ0) is 23.8. The summed E-state index contributed by atoms with van der Waals surface area (Å²) in [6, 6.07) is 14.4. The molecule has 7 nitrogen and oxygen atoms in total. The van der Waals surface area contributed by atoms with Crippen LogP contribution in [0.3, 0.4) is 0 Å². The summed E-state index contributed by atoms with van der Waals surface area (Å²) in [5.74, 6) is -0.0791. The lowest BCUT2D eigenvalue weighted by Gasteiger charge is -2.32. The van der Waals surface area contributed by atoms with Gasteiger partial charge in [0.15, 0.2) is 0 Å². The Kier molecular flexibility index (Phi) is 8.88. The monoisotopic (exact) mass is 474 g/mol. The summed E-state index contributed by atoms with van der Waals surface area (Å²) < 4.78 is 39.3. The van der Waals surface area contributed by atoms with Crippen LogP contribution in [0.25, 0.3) is 0 Å². The molecule has 2 aromatic rings. The zero-order valence-electron chi connectivity index (χ0n) is 19.6. The zero-order valence-corrected chi connectivity index (χ0v) is 20.4. The predicted octanol–water partition coefficient (Wildman–Crippen LogP) is 4.16. The number of ether oxygens (including phenoxy) is 2. The number of nitrogens with zero attached hydrogens (tertiary/aromatic N) is 1. The highest BCUT2D eigenvalue weighted by atomic mass is 32.2. The van der Waals surface area contributed by atoms with E-state index in [1.807, 2.05) is 44.2 Å². The van der Waals surface area contributed by atoms with E-state index in [4.69, 9.17) is 9.47 Å². The first-order valence-corrected chi connectivity index (χ1v) is 12.9. The summed E-state index contributed by atoms with van der Waals surface area (Å²) in [5, 5.41) is 2.85. The Balaban J connectivity index is 1.59. The SMILES string of the molecule is COc1ccc(C(=O)NCCCOC(C)c2ccccc2)cc1S(=O)(=O)N1CCCCC1C. The highest BCUT2D eigenvalue weighted by Gasteiger charge is 2.33. The van der Waals surface area contributed by atoms with Crippen molar-refractivity contribution in [3.05, 3.63) is 59.7 Å². The molecule has 0 aliphatic carbocycles. The third-order valence-electron chi connectivity index (χ3n) is 6.00. The van der Waals surface area contributed by atoms with E-state index in [-0.39, 0.29) is 34.3 Å². The first kappa shape index (κ1) is 25.2. The van der Waals surface area contributed by atoms with Gasteiger partial charge in [-0.25, -0.2) is 8.42 Å². The molecule has 0 aromatic heterocycles. The minimum atomic E-state index is -3.77. The van der Waals surface area contributed by atoms with Crippen LogP contribution >= 0.6 is 0 Å². The normalized spacial score (nSPS) is 18.0. The van der Waals surface area contributed by atoms with Gasteiger partial charge in [0.05, 0.1) is 13.2 Å². The molecule has 2 unspecified atom stereocenters. The van der Waals surface area contributed by atoms with Gasteiger partial charge in [0.1, 0.15) is 10.6 Å². The molecule has 180 valence electrons.